The number of imidazole rings is 1. The summed E-state index contributed by atoms with van der Waals surface area (Å²) in [5.74, 6) is 0.762. The average molecular weight is 390 g/mol. The van der Waals surface area contributed by atoms with Gasteiger partial charge in [-0.05, 0) is 31.9 Å². The Morgan fingerprint density at radius 2 is 1.64 bits per heavy atom. The molecule has 1 aromatic heterocycles. The monoisotopic (exact) mass is 390 g/mol. The molecule has 10 heteroatoms. The van der Waals surface area contributed by atoms with E-state index in [1.807, 2.05) is 24.7 Å². The Morgan fingerprint density at radius 3 is 2.08 bits per heavy atom. The van der Waals surface area contributed by atoms with Gasteiger partial charge in [0.2, 0.25) is 0 Å². The first-order valence-corrected chi connectivity index (χ1v) is 10.5. The summed E-state index contributed by atoms with van der Waals surface area (Å²) in [6.45, 7) is 1.84. The number of aryl methyl sites for hydroxylation is 3. The molecule has 0 atom stereocenters. The van der Waals surface area contributed by atoms with Crippen molar-refractivity contribution in [3.8, 4) is 0 Å². The summed E-state index contributed by atoms with van der Waals surface area (Å²) in [6.07, 6.45) is 5.46. The summed E-state index contributed by atoms with van der Waals surface area (Å²) in [7, 11) is -5.93. The van der Waals surface area contributed by atoms with Crippen molar-refractivity contribution in [3.05, 3.63) is 48.0 Å². The van der Waals surface area contributed by atoms with Crippen molar-refractivity contribution in [2.45, 2.75) is 31.1 Å². The first kappa shape index (κ1) is 21.3. The van der Waals surface area contributed by atoms with Crippen LogP contribution in [0.25, 0.3) is 0 Å². The standard InChI is InChI=1S/C8H14N2O3S.C7H8O3S/c1-10-6-5-9-8(10)4-2-3-7-14(11,12)13;1-6-2-4-7(5-3-6)11(8,9)10/h5-6H,2-4,7H2,1H3,(H,11,12,13);2-5H,1H3,(H,8,9,10). The Hall–Kier alpha value is -1.75. The van der Waals surface area contributed by atoms with Crippen molar-refractivity contribution < 1.29 is 25.9 Å². The molecule has 0 unspecified atom stereocenters. The van der Waals surface area contributed by atoms with E-state index >= 15 is 0 Å². The summed E-state index contributed by atoms with van der Waals surface area (Å²) in [5, 5.41) is 0. The van der Waals surface area contributed by atoms with E-state index in [1.54, 1.807) is 18.3 Å². The Morgan fingerprint density at radius 1 is 1.04 bits per heavy atom. The van der Waals surface area contributed by atoms with Crippen LogP contribution in [0.1, 0.15) is 24.2 Å². The fourth-order valence-electron chi connectivity index (χ4n) is 1.92. The number of rotatable bonds is 6. The minimum atomic E-state index is -4.02. The molecule has 0 amide bonds. The molecule has 2 rings (SSSR count). The Balaban J connectivity index is 0.000000257. The van der Waals surface area contributed by atoms with Crippen molar-refractivity contribution in [1.29, 1.82) is 0 Å². The molecule has 0 spiro atoms. The van der Waals surface area contributed by atoms with Crippen LogP contribution in [0.3, 0.4) is 0 Å². The molecule has 8 nitrogen and oxygen atoms in total. The highest BCUT2D eigenvalue weighted by Crippen LogP contribution is 2.08. The molecule has 140 valence electrons. The third-order valence-corrected chi connectivity index (χ3v) is 4.96. The predicted molar refractivity (Wildman–Crippen MR) is 93.6 cm³/mol. The third-order valence-electron chi connectivity index (χ3n) is 3.29. The lowest BCUT2D eigenvalue weighted by molar-refractivity contribution is 0.478. The quantitative estimate of drug-likeness (QED) is 0.569. The number of hydrogen-bond acceptors (Lipinski definition) is 5. The average Bonchev–Trinajstić information content (AvgIpc) is 2.88. The van der Waals surface area contributed by atoms with E-state index < -0.39 is 20.2 Å². The zero-order valence-corrected chi connectivity index (χ0v) is 15.7. The summed E-state index contributed by atoms with van der Waals surface area (Å²) in [5.41, 5.74) is 0.956. The third kappa shape index (κ3) is 8.77. The SMILES string of the molecule is Cc1ccc(S(=O)(=O)O)cc1.Cn1ccnc1CCCCS(=O)(=O)O. The Kier molecular flexibility index (Phi) is 7.74. The number of benzene rings is 1. The molecule has 1 heterocycles. The van der Waals surface area contributed by atoms with Gasteiger partial charge in [0, 0.05) is 25.9 Å². The van der Waals surface area contributed by atoms with E-state index in [2.05, 4.69) is 4.98 Å². The van der Waals surface area contributed by atoms with Gasteiger partial charge in [-0.15, -0.1) is 0 Å². The van der Waals surface area contributed by atoms with E-state index in [1.165, 1.54) is 12.1 Å². The normalized spacial score (nSPS) is 11.7. The maximum absolute atomic E-state index is 10.5. The number of hydrogen-bond donors (Lipinski definition) is 2. The van der Waals surface area contributed by atoms with Crippen LogP contribution in [0.5, 0.6) is 0 Å². The lowest BCUT2D eigenvalue weighted by atomic mass is 10.2. The summed E-state index contributed by atoms with van der Waals surface area (Å²) >= 11 is 0. The maximum Gasteiger partial charge on any atom is 0.294 e. The molecular formula is C15H22N2O6S2. The van der Waals surface area contributed by atoms with Crippen molar-refractivity contribution in [1.82, 2.24) is 9.55 Å². The number of aromatic nitrogens is 2. The van der Waals surface area contributed by atoms with Crippen molar-refractivity contribution in [2.24, 2.45) is 7.05 Å². The molecule has 0 fully saturated rings. The van der Waals surface area contributed by atoms with Gasteiger partial charge >= 0.3 is 0 Å². The smallest absolute Gasteiger partial charge is 0.294 e. The van der Waals surface area contributed by atoms with Crippen LogP contribution in [-0.2, 0) is 33.7 Å². The number of unbranched alkanes of at least 4 members (excludes halogenated alkanes) is 1. The van der Waals surface area contributed by atoms with Gasteiger partial charge in [-0.1, -0.05) is 17.7 Å². The van der Waals surface area contributed by atoms with Crippen molar-refractivity contribution in [3.63, 3.8) is 0 Å². The highest BCUT2D eigenvalue weighted by Gasteiger charge is 2.07. The molecule has 0 saturated heterocycles. The highest BCUT2D eigenvalue weighted by atomic mass is 32.2. The molecule has 25 heavy (non-hydrogen) atoms. The Labute approximate surface area is 148 Å². The van der Waals surface area contributed by atoms with Gasteiger partial charge in [-0.25, -0.2) is 4.98 Å². The fraction of sp³-hybridized carbons (Fsp3) is 0.400. The molecule has 2 aromatic rings. The van der Waals surface area contributed by atoms with E-state index in [-0.39, 0.29) is 10.6 Å². The van der Waals surface area contributed by atoms with Crippen LogP contribution in [0.2, 0.25) is 0 Å². The topological polar surface area (TPSA) is 127 Å². The zero-order valence-electron chi connectivity index (χ0n) is 14.0. The van der Waals surface area contributed by atoms with Gasteiger partial charge in [0.05, 0.1) is 10.6 Å². The predicted octanol–water partition coefficient (Wildman–Crippen LogP) is 1.87. The first-order valence-electron chi connectivity index (χ1n) is 7.44. The van der Waals surface area contributed by atoms with Gasteiger partial charge in [-0.3, -0.25) is 9.11 Å². The second-order valence-electron chi connectivity index (χ2n) is 5.49. The second-order valence-corrected chi connectivity index (χ2v) is 8.48. The highest BCUT2D eigenvalue weighted by molar-refractivity contribution is 7.86. The molecule has 0 aliphatic carbocycles. The van der Waals surface area contributed by atoms with Gasteiger partial charge < -0.3 is 4.57 Å². The van der Waals surface area contributed by atoms with Crippen molar-refractivity contribution in [2.75, 3.05) is 5.75 Å². The summed E-state index contributed by atoms with van der Waals surface area (Å²) in [6, 6.07) is 5.99. The molecular weight excluding hydrogens is 368 g/mol. The van der Waals surface area contributed by atoms with Crippen LogP contribution in [0.4, 0.5) is 0 Å². The lowest BCUT2D eigenvalue weighted by Crippen LogP contribution is -2.05. The van der Waals surface area contributed by atoms with E-state index in [0.717, 1.165) is 17.8 Å². The van der Waals surface area contributed by atoms with Crippen LogP contribution < -0.4 is 0 Å². The fourth-order valence-corrected chi connectivity index (χ4v) is 2.96. The van der Waals surface area contributed by atoms with E-state index in [4.69, 9.17) is 9.11 Å². The Bertz CT molecular complexity index is 871. The summed E-state index contributed by atoms with van der Waals surface area (Å²) in [4.78, 5) is 4.03. The van der Waals surface area contributed by atoms with Gasteiger partial charge in [0.1, 0.15) is 5.82 Å². The second kappa shape index (κ2) is 9.09. The van der Waals surface area contributed by atoms with E-state index in [9.17, 15) is 16.8 Å². The van der Waals surface area contributed by atoms with Gasteiger partial charge in [-0.2, -0.15) is 16.8 Å². The first-order chi connectivity index (χ1) is 11.5. The lowest BCUT2D eigenvalue weighted by Gasteiger charge is -2.00. The largest absolute Gasteiger partial charge is 0.338 e. The summed E-state index contributed by atoms with van der Waals surface area (Å²) < 4.78 is 60.7. The molecule has 0 bridgehead atoms. The zero-order chi connectivity index (χ0) is 19.1. The molecule has 2 N–H and O–H groups in total. The maximum atomic E-state index is 10.5. The molecule has 0 radical (unpaired) electrons. The van der Waals surface area contributed by atoms with Gasteiger partial charge in [0.25, 0.3) is 20.2 Å². The van der Waals surface area contributed by atoms with Crippen LogP contribution in [0.15, 0.2) is 41.6 Å². The van der Waals surface area contributed by atoms with Crippen LogP contribution >= 0.6 is 0 Å². The van der Waals surface area contributed by atoms with Crippen LogP contribution in [0, 0.1) is 6.92 Å². The molecule has 0 aliphatic rings. The van der Waals surface area contributed by atoms with E-state index in [0.29, 0.717) is 12.8 Å². The molecule has 1 aromatic carbocycles. The minimum Gasteiger partial charge on any atom is -0.338 e. The van der Waals surface area contributed by atoms with Gasteiger partial charge in [0.15, 0.2) is 0 Å². The molecule has 0 aliphatic heterocycles. The molecule has 0 saturated carbocycles. The van der Waals surface area contributed by atoms with Crippen molar-refractivity contribution >= 4 is 20.2 Å². The number of nitrogens with zero attached hydrogens (tertiary/aromatic N) is 2. The minimum absolute atomic E-state index is 0.0666. The van der Waals surface area contributed by atoms with Crippen LogP contribution in [-0.4, -0.2) is 41.2 Å².